The van der Waals surface area contributed by atoms with Gasteiger partial charge in [-0.05, 0) is 36.8 Å². The highest BCUT2D eigenvalue weighted by molar-refractivity contribution is 7.92. The number of hydrogen-bond donors (Lipinski definition) is 2. The molecule has 4 aromatic rings. The average Bonchev–Trinajstić information content (AvgIpc) is 3.37. The number of hydrogen-bond acceptors (Lipinski definition) is 6. The molecule has 0 spiro atoms. The van der Waals surface area contributed by atoms with Gasteiger partial charge in [0.05, 0.1) is 12.9 Å². The quantitative estimate of drug-likeness (QED) is 0.361. The predicted molar refractivity (Wildman–Crippen MR) is 121 cm³/mol. The molecule has 2 aromatic heterocycles. The summed E-state index contributed by atoms with van der Waals surface area (Å²) in [6.45, 7) is 2.87. The van der Waals surface area contributed by atoms with E-state index in [1.807, 2.05) is 24.3 Å². The van der Waals surface area contributed by atoms with Crippen LogP contribution >= 0.6 is 0 Å². The molecule has 0 fully saturated rings. The van der Waals surface area contributed by atoms with E-state index < -0.39 is 10.0 Å². The lowest BCUT2D eigenvalue weighted by molar-refractivity contribution is 0.306. The zero-order valence-electron chi connectivity index (χ0n) is 17.4. The van der Waals surface area contributed by atoms with Gasteiger partial charge in [0.1, 0.15) is 11.4 Å². The maximum Gasteiger partial charge on any atom is 0.274 e. The van der Waals surface area contributed by atoms with Crippen molar-refractivity contribution in [2.75, 3.05) is 17.6 Å². The van der Waals surface area contributed by atoms with E-state index in [4.69, 9.17) is 9.26 Å². The van der Waals surface area contributed by atoms with E-state index in [2.05, 4.69) is 26.8 Å². The zero-order valence-corrected chi connectivity index (χ0v) is 18.2. The first-order chi connectivity index (χ1) is 14.9. The van der Waals surface area contributed by atoms with Crippen LogP contribution < -0.4 is 9.46 Å². The van der Waals surface area contributed by atoms with E-state index in [1.54, 1.807) is 24.3 Å². The molecule has 2 aromatic carbocycles. The standard InChI is InChI=1S/C22H24N4O4S/c1-3-4-5-11-29-18-10-9-15-13-20(23-19(15)14-18)22-24-21(25-30-22)16-7-6-8-17(12-16)26-31(2,27)28/h6-10,12-14,23,26H,3-5,11H2,1-2H3. The van der Waals surface area contributed by atoms with Gasteiger partial charge in [-0.2, -0.15) is 4.98 Å². The molecule has 4 rings (SSSR count). The minimum Gasteiger partial charge on any atom is -0.494 e. The Hall–Kier alpha value is -3.33. The largest absolute Gasteiger partial charge is 0.494 e. The van der Waals surface area contributed by atoms with Gasteiger partial charge in [-0.15, -0.1) is 0 Å². The van der Waals surface area contributed by atoms with Crippen molar-refractivity contribution in [2.45, 2.75) is 26.2 Å². The van der Waals surface area contributed by atoms with Crippen LogP contribution in [-0.2, 0) is 10.0 Å². The van der Waals surface area contributed by atoms with Crippen molar-refractivity contribution in [3.63, 3.8) is 0 Å². The van der Waals surface area contributed by atoms with Crippen LogP contribution in [0.15, 0.2) is 53.1 Å². The maximum atomic E-state index is 11.5. The van der Waals surface area contributed by atoms with Gasteiger partial charge in [-0.3, -0.25) is 4.72 Å². The molecular weight excluding hydrogens is 416 g/mol. The van der Waals surface area contributed by atoms with E-state index in [9.17, 15) is 8.42 Å². The Kier molecular flexibility index (Phi) is 5.94. The summed E-state index contributed by atoms with van der Waals surface area (Å²) in [7, 11) is -3.37. The smallest absolute Gasteiger partial charge is 0.274 e. The molecule has 31 heavy (non-hydrogen) atoms. The number of H-pyrrole nitrogens is 1. The second kappa shape index (κ2) is 8.81. The van der Waals surface area contributed by atoms with Crippen molar-refractivity contribution in [2.24, 2.45) is 0 Å². The molecule has 0 radical (unpaired) electrons. The Balaban J connectivity index is 1.54. The van der Waals surface area contributed by atoms with Crippen LogP contribution in [0.2, 0.25) is 0 Å². The molecule has 8 nitrogen and oxygen atoms in total. The highest BCUT2D eigenvalue weighted by Gasteiger charge is 2.14. The van der Waals surface area contributed by atoms with E-state index in [0.29, 0.717) is 35.3 Å². The first-order valence-electron chi connectivity index (χ1n) is 10.1. The van der Waals surface area contributed by atoms with Crippen LogP contribution in [0.4, 0.5) is 5.69 Å². The molecule has 0 saturated heterocycles. The summed E-state index contributed by atoms with van der Waals surface area (Å²) in [5.74, 6) is 1.53. The Morgan fingerprint density at radius 2 is 2.00 bits per heavy atom. The Bertz CT molecular complexity index is 1290. The molecule has 0 amide bonds. The van der Waals surface area contributed by atoms with Gasteiger partial charge in [-0.25, -0.2) is 8.42 Å². The highest BCUT2D eigenvalue weighted by atomic mass is 32.2. The minimum atomic E-state index is -3.37. The molecule has 0 aliphatic carbocycles. The summed E-state index contributed by atoms with van der Waals surface area (Å²) >= 11 is 0. The molecule has 0 aliphatic heterocycles. The third-order valence-electron chi connectivity index (χ3n) is 4.69. The molecule has 0 bridgehead atoms. The monoisotopic (exact) mass is 440 g/mol. The van der Waals surface area contributed by atoms with Crippen LogP contribution in [-0.4, -0.2) is 36.4 Å². The number of nitrogens with zero attached hydrogens (tertiary/aromatic N) is 2. The van der Waals surface area contributed by atoms with Gasteiger partial charge >= 0.3 is 0 Å². The molecule has 2 N–H and O–H groups in total. The molecule has 162 valence electrons. The SMILES string of the molecule is CCCCCOc1ccc2cc(-c3nc(-c4cccc(NS(C)(=O)=O)c4)no3)[nH]c2c1. The Morgan fingerprint density at radius 1 is 1.13 bits per heavy atom. The van der Waals surface area contributed by atoms with E-state index in [1.165, 1.54) is 0 Å². The summed E-state index contributed by atoms with van der Waals surface area (Å²) in [4.78, 5) is 7.75. The van der Waals surface area contributed by atoms with Crippen LogP contribution in [0.25, 0.3) is 33.9 Å². The van der Waals surface area contributed by atoms with Crippen LogP contribution in [0.5, 0.6) is 5.75 Å². The summed E-state index contributed by atoms with van der Waals surface area (Å²) in [6.07, 6.45) is 4.45. The van der Waals surface area contributed by atoms with Gasteiger partial charge in [0, 0.05) is 28.2 Å². The third-order valence-corrected chi connectivity index (χ3v) is 5.30. The summed E-state index contributed by atoms with van der Waals surface area (Å²) in [5.41, 5.74) is 2.69. The number of benzene rings is 2. The molecule has 0 saturated carbocycles. The predicted octanol–water partition coefficient (Wildman–Crippen LogP) is 4.83. The van der Waals surface area contributed by atoms with Gasteiger partial charge in [0.25, 0.3) is 5.89 Å². The van der Waals surface area contributed by atoms with Crippen molar-refractivity contribution in [1.82, 2.24) is 15.1 Å². The fraction of sp³-hybridized carbons (Fsp3) is 0.273. The number of rotatable bonds is 9. The minimum absolute atomic E-state index is 0.345. The number of fused-ring (bicyclic) bond motifs is 1. The van der Waals surface area contributed by atoms with E-state index >= 15 is 0 Å². The lowest BCUT2D eigenvalue weighted by atomic mass is 10.2. The van der Waals surface area contributed by atoms with Gasteiger partial charge in [0.2, 0.25) is 15.8 Å². The highest BCUT2D eigenvalue weighted by Crippen LogP contribution is 2.28. The average molecular weight is 441 g/mol. The lowest BCUT2D eigenvalue weighted by Gasteiger charge is -2.05. The van der Waals surface area contributed by atoms with Crippen molar-refractivity contribution in [1.29, 1.82) is 0 Å². The Labute approximate surface area is 180 Å². The molecule has 9 heteroatoms. The molecular formula is C22H24N4O4S. The number of aromatic nitrogens is 3. The molecule has 0 unspecified atom stereocenters. The van der Waals surface area contributed by atoms with Gasteiger partial charge in [-0.1, -0.05) is 37.1 Å². The zero-order chi connectivity index (χ0) is 21.8. The lowest BCUT2D eigenvalue weighted by Crippen LogP contribution is -2.09. The number of ether oxygens (including phenoxy) is 1. The normalized spacial score (nSPS) is 11.7. The van der Waals surface area contributed by atoms with Gasteiger partial charge < -0.3 is 14.2 Å². The topological polar surface area (TPSA) is 110 Å². The third kappa shape index (κ3) is 5.24. The number of anilines is 1. The fourth-order valence-electron chi connectivity index (χ4n) is 3.24. The molecule has 0 aliphatic rings. The maximum absolute atomic E-state index is 11.5. The summed E-state index contributed by atoms with van der Waals surface area (Å²) < 4.78 is 36.6. The number of sulfonamides is 1. The molecule has 2 heterocycles. The van der Waals surface area contributed by atoms with Crippen molar-refractivity contribution in [3.05, 3.63) is 48.5 Å². The molecule has 0 atom stereocenters. The fourth-order valence-corrected chi connectivity index (χ4v) is 3.79. The van der Waals surface area contributed by atoms with Crippen LogP contribution in [0, 0.1) is 0 Å². The second-order valence-corrected chi connectivity index (χ2v) is 9.11. The van der Waals surface area contributed by atoms with Crippen LogP contribution in [0.3, 0.4) is 0 Å². The first-order valence-corrected chi connectivity index (χ1v) is 12.0. The summed E-state index contributed by atoms with van der Waals surface area (Å²) in [5, 5.41) is 5.05. The second-order valence-electron chi connectivity index (χ2n) is 7.37. The Morgan fingerprint density at radius 3 is 2.81 bits per heavy atom. The van der Waals surface area contributed by atoms with Crippen molar-refractivity contribution in [3.8, 4) is 28.7 Å². The van der Waals surface area contributed by atoms with E-state index in [-0.39, 0.29) is 0 Å². The first kappa shape index (κ1) is 20.9. The van der Waals surface area contributed by atoms with E-state index in [0.717, 1.165) is 42.2 Å². The number of unbranched alkanes of at least 4 members (excludes halogenated alkanes) is 2. The van der Waals surface area contributed by atoms with Crippen molar-refractivity contribution >= 4 is 26.6 Å². The summed E-state index contributed by atoms with van der Waals surface area (Å²) in [6, 6.07) is 14.7. The van der Waals surface area contributed by atoms with Crippen LogP contribution in [0.1, 0.15) is 26.2 Å². The number of nitrogens with one attached hydrogen (secondary N) is 2. The van der Waals surface area contributed by atoms with Gasteiger partial charge in [0.15, 0.2) is 0 Å². The number of aromatic amines is 1. The van der Waals surface area contributed by atoms with Crippen molar-refractivity contribution < 1.29 is 17.7 Å².